The van der Waals surface area contributed by atoms with Crippen molar-refractivity contribution in [3.63, 3.8) is 0 Å². The summed E-state index contributed by atoms with van der Waals surface area (Å²) in [5, 5.41) is 13.6. The Hall–Kier alpha value is -2.97. The van der Waals surface area contributed by atoms with Crippen LogP contribution in [0.1, 0.15) is 34.7 Å². The molecule has 3 aromatic carbocycles. The first-order valence-corrected chi connectivity index (χ1v) is 12.5. The number of aromatic nitrogens is 1. The Kier molecular flexibility index (Phi) is 4.93. The number of hydrogen-bond donors (Lipinski definition) is 0. The molecule has 8 heteroatoms. The average molecular weight is 582 g/mol. The molecule has 0 unspecified atom stereocenters. The lowest BCUT2D eigenvalue weighted by Crippen LogP contribution is -2.58. The second-order valence-corrected chi connectivity index (χ2v) is 10.5. The predicted octanol–water partition coefficient (Wildman–Crippen LogP) is 6.23. The maximum absolute atomic E-state index is 13.3. The van der Waals surface area contributed by atoms with Crippen LogP contribution in [0, 0.1) is 10.1 Å². The molecule has 0 fully saturated rings. The van der Waals surface area contributed by atoms with Gasteiger partial charge in [0.15, 0.2) is 0 Å². The van der Waals surface area contributed by atoms with Gasteiger partial charge in [0.05, 0.1) is 10.4 Å². The Morgan fingerprint density at radius 2 is 1.82 bits per heavy atom. The van der Waals surface area contributed by atoms with E-state index in [1.165, 1.54) is 0 Å². The predicted molar refractivity (Wildman–Crippen MR) is 135 cm³/mol. The normalized spacial score (nSPS) is 20.9. The number of rotatable bonds is 3. The number of carbonyl (C=O) groups is 1. The molecule has 0 saturated heterocycles. The zero-order valence-corrected chi connectivity index (χ0v) is 21.0. The lowest BCUT2D eigenvalue weighted by atomic mass is 9.66. The highest BCUT2D eigenvalue weighted by Crippen LogP contribution is 2.55. The first-order chi connectivity index (χ1) is 16.4. The molecule has 1 aliphatic carbocycles. The molecule has 2 atom stereocenters. The summed E-state index contributed by atoms with van der Waals surface area (Å²) >= 11 is 7.01. The van der Waals surface area contributed by atoms with Gasteiger partial charge in [-0.25, -0.2) is 4.79 Å². The topological polar surface area (TPSA) is 74.4 Å². The highest BCUT2D eigenvalue weighted by molar-refractivity contribution is 9.11. The Morgan fingerprint density at radius 1 is 1.09 bits per heavy atom. The van der Waals surface area contributed by atoms with Gasteiger partial charge in [-0.2, -0.15) is 0 Å². The van der Waals surface area contributed by atoms with Gasteiger partial charge in [-0.1, -0.05) is 64.5 Å². The van der Waals surface area contributed by atoms with E-state index in [0.717, 1.165) is 32.2 Å². The minimum atomic E-state index is -1.87. The van der Waals surface area contributed by atoms with Crippen molar-refractivity contribution in [2.45, 2.75) is 30.8 Å². The summed E-state index contributed by atoms with van der Waals surface area (Å²) < 4.78 is 9.22. The summed E-state index contributed by atoms with van der Waals surface area (Å²) in [6, 6.07) is 21.7. The number of para-hydroxylation sites is 1. The van der Waals surface area contributed by atoms with Crippen LogP contribution in [-0.4, -0.2) is 21.0 Å². The molecule has 2 heterocycles. The Balaban J connectivity index is 1.69. The van der Waals surface area contributed by atoms with Gasteiger partial charge < -0.3 is 9.30 Å². The Labute approximate surface area is 211 Å². The monoisotopic (exact) mass is 580 g/mol. The Bertz CT molecular complexity index is 1500. The fourth-order valence-electron chi connectivity index (χ4n) is 5.60. The molecule has 34 heavy (non-hydrogen) atoms. The van der Waals surface area contributed by atoms with E-state index in [9.17, 15) is 14.9 Å². The van der Waals surface area contributed by atoms with Gasteiger partial charge in [0, 0.05) is 44.5 Å². The van der Waals surface area contributed by atoms with E-state index in [-0.39, 0.29) is 6.42 Å². The lowest BCUT2D eigenvalue weighted by molar-refractivity contribution is -0.560. The van der Waals surface area contributed by atoms with Crippen LogP contribution in [0.25, 0.3) is 10.9 Å². The molecular weight excluding hydrogens is 564 g/mol. The van der Waals surface area contributed by atoms with Gasteiger partial charge in [-0.3, -0.25) is 10.1 Å². The number of nitro groups is 1. The molecule has 2 aliphatic rings. The second-order valence-electron chi connectivity index (χ2n) is 8.76. The number of hydrogen-bond acceptors (Lipinski definition) is 4. The van der Waals surface area contributed by atoms with E-state index in [1.54, 1.807) is 6.07 Å². The summed E-state index contributed by atoms with van der Waals surface area (Å²) in [5.74, 6) is -1.22. The van der Waals surface area contributed by atoms with Gasteiger partial charge in [-0.15, -0.1) is 0 Å². The van der Waals surface area contributed by atoms with Gasteiger partial charge in [0.1, 0.15) is 5.75 Å². The van der Waals surface area contributed by atoms with Gasteiger partial charge in [0.2, 0.25) is 0 Å². The summed E-state index contributed by atoms with van der Waals surface area (Å²) in [5.41, 5.74) is 2.79. The number of carbonyl (C=O) groups excluding carboxylic acids is 1. The second kappa shape index (κ2) is 7.78. The number of esters is 1. The van der Waals surface area contributed by atoms with E-state index in [0.29, 0.717) is 28.8 Å². The number of benzene rings is 3. The molecule has 0 amide bonds. The van der Waals surface area contributed by atoms with E-state index < -0.39 is 22.3 Å². The first kappa shape index (κ1) is 21.6. The summed E-state index contributed by atoms with van der Waals surface area (Å²) in [4.78, 5) is 25.5. The number of nitrogens with zero attached hydrogens (tertiary/aromatic N) is 2. The number of fused-ring (bicyclic) bond motifs is 7. The largest absolute Gasteiger partial charge is 0.420 e. The zero-order valence-electron chi connectivity index (χ0n) is 17.8. The van der Waals surface area contributed by atoms with Crippen molar-refractivity contribution in [3.8, 4) is 5.75 Å². The van der Waals surface area contributed by atoms with Crippen LogP contribution in [0.5, 0.6) is 5.75 Å². The van der Waals surface area contributed by atoms with Crippen LogP contribution in [0.2, 0.25) is 0 Å². The lowest BCUT2D eigenvalue weighted by Gasteiger charge is -2.39. The number of halogens is 2. The minimum Gasteiger partial charge on any atom is -0.420 e. The quantitative estimate of drug-likeness (QED) is 0.124. The third kappa shape index (κ3) is 2.94. The zero-order chi connectivity index (χ0) is 23.6. The molecule has 1 aromatic heterocycles. The third-order valence-corrected chi connectivity index (χ3v) is 8.08. The van der Waals surface area contributed by atoms with Gasteiger partial charge in [0.25, 0.3) is 0 Å². The molecule has 0 radical (unpaired) electrons. The smallest absolute Gasteiger partial charge is 0.391 e. The fourth-order valence-corrected chi connectivity index (χ4v) is 6.94. The van der Waals surface area contributed by atoms with Crippen molar-refractivity contribution in [2.75, 3.05) is 0 Å². The van der Waals surface area contributed by atoms with Crippen molar-refractivity contribution in [1.29, 1.82) is 0 Å². The van der Waals surface area contributed by atoms with Crippen LogP contribution in [0.4, 0.5) is 0 Å². The molecule has 0 bridgehead atoms. The fraction of sp³-hybridized carbons (Fsp3) is 0.192. The van der Waals surface area contributed by atoms with E-state index in [2.05, 4.69) is 48.6 Å². The van der Waals surface area contributed by atoms with Crippen LogP contribution in [0.15, 0.2) is 75.7 Å². The highest BCUT2D eigenvalue weighted by atomic mass is 79.9. The summed E-state index contributed by atoms with van der Waals surface area (Å²) in [7, 11) is 0. The van der Waals surface area contributed by atoms with E-state index >= 15 is 0 Å². The van der Waals surface area contributed by atoms with Crippen LogP contribution < -0.4 is 4.74 Å². The molecule has 0 N–H and O–H groups in total. The van der Waals surface area contributed by atoms with Crippen molar-refractivity contribution in [2.24, 2.45) is 0 Å². The summed E-state index contributed by atoms with van der Waals surface area (Å²) in [6.45, 7) is 0.647. The molecule has 170 valence electrons. The molecule has 6 rings (SSSR count). The maximum atomic E-state index is 13.3. The molecule has 0 saturated carbocycles. The third-order valence-electron chi connectivity index (χ3n) is 7.04. The van der Waals surface area contributed by atoms with E-state index in [4.69, 9.17) is 4.74 Å². The average Bonchev–Trinajstić information content (AvgIpc) is 3.14. The van der Waals surface area contributed by atoms with E-state index in [1.807, 2.05) is 48.5 Å². The number of ether oxygens (including phenoxy) is 1. The highest BCUT2D eigenvalue weighted by Gasteiger charge is 2.66. The van der Waals surface area contributed by atoms with Crippen molar-refractivity contribution < 1.29 is 14.5 Å². The van der Waals surface area contributed by atoms with Crippen molar-refractivity contribution >= 4 is 48.7 Å². The van der Waals surface area contributed by atoms with Crippen molar-refractivity contribution in [3.05, 3.63) is 108 Å². The minimum absolute atomic E-state index is 0.0746. The first-order valence-electron chi connectivity index (χ1n) is 10.9. The maximum Gasteiger partial charge on any atom is 0.391 e. The van der Waals surface area contributed by atoms with Crippen LogP contribution in [-0.2, 0) is 17.8 Å². The van der Waals surface area contributed by atoms with Gasteiger partial charge in [-0.05, 0) is 51.7 Å². The molecule has 0 spiro atoms. The van der Waals surface area contributed by atoms with Gasteiger partial charge >= 0.3 is 11.5 Å². The standard InChI is InChI=1S/C26H18Br2N2O4/c27-16-12-18-23-22-17-8-4-5-9-20(17)29(14-15-6-2-1-3-7-15)21(22)10-11-26(23,30(32)33)25(31)34-24(18)19(28)13-16/h1-9,12-13,23H,10-11,14H2/t23-,26-/m0/s1. The molecule has 6 nitrogen and oxygen atoms in total. The molecular formula is C26H18Br2N2O4. The van der Waals surface area contributed by atoms with Crippen molar-refractivity contribution in [1.82, 2.24) is 4.57 Å². The SMILES string of the molecule is O=C1Oc2c(Br)cc(Br)cc2[C@H]2c3c(n(Cc4ccccc4)c4ccccc34)CC[C@@]12[N+](=O)[O-]. The van der Waals surface area contributed by atoms with Crippen LogP contribution >= 0.6 is 31.9 Å². The summed E-state index contributed by atoms with van der Waals surface area (Å²) in [6.07, 6.45) is 0.485. The molecule has 1 aliphatic heterocycles. The Morgan fingerprint density at radius 3 is 2.59 bits per heavy atom. The van der Waals surface area contributed by atoms with Crippen LogP contribution in [0.3, 0.4) is 0 Å². The molecule has 4 aromatic rings.